The monoisotopic (exact) mass is 314 g/mol. The summed E-state index contributed by atoms with van der Waals surface area (Å²) in [6.07, 6.45) is 0. The molecule has 0 spiro atoms. The van der Waals surface area contributed by atoms with Gasteiger partial charge in [-0.1, -0.05) is 64.3 Å². The third kappa shape index (κ3) is 3.64. The fraction of sp³-hybridized carbons (Fsp3) is 0.600. The summed E-state index contributed by atoms with van der Waals surface area (Å²) in [5.74, 6) is 1.04. The summed E-state index contributed by atoms with van der Waals surface area (Å²) in [6.45, 7) is 15.8. The highest BCUT2D eigenvalue weighted by atomic mass is 35.6. The van der Waals surface area contributed by atoms with Gasteiger partial charge in [-0.15, -0.1) is 0 Å². The number of halogens is 1. The van der Waals surface area contributed by atoms with E-state index in [1.54, 1.807) is 7.11 Å². The van der Waals surface area contributed by atoms with Crippen LogP contribution in [0, 0.1) is 0 Å². The first-order valence-corrected chi connectivity index (χ1v) is 13.8. The molecule has 1 nitrogen and oxygen atoms in total. The molecule has 1 rings (SSSR count). The Balaban J connectivity index is 3.70. The van der Waals surface area contributed by atoms with Gasteiger partial charge in [0.25, 0.3) is 0 Å². The van der Waals surface area contributed by atoms with Crippen LogP contribution in [0.3, 0.4) is 0 Å². The summed E-state index contributed by atoms with van der Waals surface area (Å²) in [4.78, 5) is 0. The number of hydrogen-bond donors (Lipinski definition) is 0. The molecule has 0 saturated heterocycles. The van der Waals surface area contributed by atoms with Crippen LogP contribution >= 0.6 is 11.1 Å². The summed E-state index contributed by atoms with van der Waals surface area (Å²) in [6, 6.07) is 4.50. The van der Waals surface area contributed by atoms with E-state index in [0.29, 0.717) is 0 Å². The third-order valence-corrected chi connectivity index (χ3v) is 7.42. The van der Waals surface area contributed by atoms with E-state index < -0.39 is 16.2 Å². The Morgan fingerprint density at radius 3 is 2.00 bits per heavy atom. The average molecular weight is 315 g/mol. The summed E-state index contributed by atoms with van der Waals surface area (Å²) >= 11 is 6.67. The molecular weight excluding hydrogens is 288 g/mol. The minimum absolute atomic E-state index is 0.0878. The maximum absolute atomic E-state index is 6.67. The van der Waals surface area contributed by atoms with Gasteiger partial charge in [-0.25, -0.2) is 0 Å². The lowest BCUT2D eigenvalue weighted by Gasteiger charge is -2.30. The van der Waals surface area contributed by atoms with Crippen molar-refractivity contribution in [2.24, 2.45) is 0 Å². The predicted molar refractivity (Wildman–Crippen MR) is 93.2 cm³/mol. The molecule has 0 amide bonds. The highest BCUT2D eigenvalue weighted by Gasteiger charge is 2.31. The lowest BCUT2D eigenvalue weighted by atomic mass is 9.86. The number of ether oxygens (including phenoxy) is 1. The van der Waals surface area contributed by atoms with Crippen molar-refractivity contribution in [3.63, 3.8) is 0 Å². The molecular formula is C15H27ClOSi2. The van der Waals surface area contributed by atoms with Gasteiger partial charge in [0, 0.05) is 0 Å². The van der Waals surface area contributed by atoms with Crippen LogP contribution in [0.25, 0.3) is 0 Å². The predicted octanol–water partition coefficient (Wildman–Crippen LogP) is 3.34. The summed E-state index contributed by atoms with van der Waals surface area (Å²) in [5.41, 5.74) is 1.46. The van der Waals surface area contributed by atoms with Crippen LogP contribution in [-0.4, -0.2) is 23.3 Å². The van der Waals surface area contributed by atoms with Gasteiger partial charge in [0.2, 0.25) is 0 Å². The van der Waals surface area contributed by atoms with E-state index in [2.05, 4.69) is 59.1 Å². The maximum atomic E-state index is 6.67. The lowest BCUT2D eigenvalue weighted by molar-refractivity contribution is 0.402. The fourth-order valence-corrected chi connectivity index (χ4v) is 5.85. The number of benzene rings is 1. The Bertz CT molecular complexity index is 456. The smallest absolute Gasteiger partial charge is 0.185 e. The standard InChI is InChI=1S/C15H27ClOSi2/c1-15(2,3)13-11(18(5)6)9-10-12(14(13)17-4)19(7,8)16/h9-10,18H,1-8H3. The Morgan fingerprint density at radius 2 is 1.68 bits per heavy atom. The molecule has 0 aromatic heterocycles. The summed E-state index contributed by atoms with van der Waals surface area (Å²) in [5, 5.41) is 2.73. The molecule has 0 heterocycles. The zero-order valence-corrected chi connectivity index (χ0v) is 16.4. The first kappa shape index (κ1) is 16.8. The van der Waals surface area contributed by atoms with Gasteiger partial charge in [0.15, 0.2) is 7.38 Å². The Hall–Kier alpha value is -0.256. The first-order valence-electron chi connectivity index (χ1n) is 6.91. The molecule has 0 atom stereocenters. The average Bonchev–Trinajstić information content (AvgIpc) is 2.24. The van der Waals surface area contributed by atoms with Crippen molar-refractivity contribution in [1.82, 2.24) is 0 Å². The zero-order valence-electron chi connectivity index (χ0n) is 13.5. The van der Waals surface area contributed by atoms with Gasteiger partial charge >= 0.3 is 0 Å². The van der Waals surface area contributed by atoms with E-state index in [0.717, 1.165) is 5.75 Å². The van der Waals surface area contributed by atoms with Gasteiger partial charge < -0.3 is 4.74 Å². The van der Waals surface area contributed by atoms with Crippen molar-refractivity contribution in [1.29, 1.82) is 0 Å². The molecule has 0 aliphatic rings. The van der Waals surface area contributed by atoms with Gasteiger partial charge in [-0.3, -0.25) is 0 Å². The van der Waals surface area contributed by atoms with Gasteiger partial charge in [0.05, 0.1) is 15.9 Å². The number of rotatable bonds is 3. The van der Waals surface area contributed by atoms with E-state index in [1.807, 2.05) is 0 Å². The van der Waals surface area contributed by atoms with Gasteiger partial charge in [-0.05, 0) is 16.2 Å². The first-order chi connectivity index (χ1) is 8.50. The van der Waals surface area contributed by atoms with Crippen molar-refractivity contribution in [2.75, 3.05) is 7.11 Å². The van der Waals surface area contributed by atoms with Gasteiger partial charge in [0.1, 0.15) is 5.75 Å². The van der Waals surface area contributed by atoms with Crippen LogP contribution in [0.2, 0.25) is 26.2 Å². The largest absolute Gasteiger partial charge is 0.497 e. The third-order valence-electron chi connectivity index (χ3n) is 3.41. The molecule has 0 saturated carbocycles. The van der Waals surface area contributed by atoms with Crippen molar-refractivity contribution >= 4 is 37.6 Å². The zero-order chi connectivity index (χ0) is 15.0. The molecule has 19 heavy (non-hydrogen) atoms. The molecule has 0 N–H and O–H groups in total. The van der Waals surface area contributed by atoms with Crippen LogP contribution in [0.4, 0.5) is 0 Å². The Labute approximate surface area is 125 Å². The maximum Gasteiger partial charge on any atom is 0.185 e. The molecule has 0 bridgehead atoms. The second-order valence-electron chi connectivity index (χ2n) is 6.99. The fourth-order valence-electron chi connectivity index (χ4n) is 2.53. The highest BCUT2D eigenvalue weighted by molar-refractivity contribution is 7.26. The van der Waals surface area contributed by atoms with Crippen molar-refractivity contribution in [3.05, 3.63) is 17.7 Å². The van der Waals surface area contributed by atoms with Crippen LogP contribution < -0.4 is 15.1 Å². The van der Waals surface area contributed by atoms with E-state index in [9.17, 15) is 0 Å². The molecule has 1 aromatic carbocycles. The van der Waals surface area contributed by atoms with Crippen molar-refractivity contribution in [2.45, 2.75) is 52.4 Å². The van der Waals surface area contributed by atoms with E-state index in [1.165, 1.54) is 15.9 Å². The molecule has 4 heteroatoms. The van der Waals surface area contributed by atoms with E-state index in [4.69, 9.17) is 15.8 Å². The van der Waals surface area contributed by atoms with E-state index >= 15 is 0 Å². The molecule has 0 fully saturated rings. The molecule has 0 aliphatic carbocycles. The normalized spacial score (nSPS) is 12.9. The molecule has 0 radical (unpaired) electrons. The minimum atomic E-state index is -1.90. The SMILES string of the molecule is COc1c([Si](C)(C)Cl)ccc([SiH](C)C)c1C(C)(C)C. The van der Waals surface area contributed by atoms with Crippen LogP contribution in [0.15, 0.2) is 12.1 Å². The Kier molecular flexibility index (Phi) is 4.97. The number of hydrogen-bond acceptors (Lipinski definition) is 1. The number of methoxy groups -OCH3 is 1. The van der Waals surface area contributed by atoms with Crippen molar-refractivity contribution < 1.29 is 4.74 Å². The topological polar surface area (TPSA) is 9.23 Å². The second kappa shape index (κ2) is 5.62. The quantitative estimate of drug-likeness (QED) is 0.614. The van der Waals surface area contributed by atoms with Crippen LogP contribution in [0.5, 0.6) is 5.75 Å². The van der Waals surface area contributed by atoms with Gasteiger partial charge in [-0.2, -0.15) is 11.1 Å². The highest BCUT2D eigenvalue weighted by Crippen LogP contribution is 2.31. The van der Waals surface area contributed by atoms with Crippen LogP contribution in [-0.2, 0) is 5.41 Å². The molecule has 0 aliphatic heterocycles. The molecule has 1 aromatic rings. The summed E-state index contributed by atoms with van der Waals surface area (Å²) < 4.78 is 5.79. The lowest BCUT2D eigenvalue weighted by Crippen LogP contribution is -2.42. The Morgan fingerprint density at radius 1 is 1.16 bits per heavy atom. The van der Waals surface area contributed by atoms with Crippen molar-refractivity contribution in [3.8, 4) is 5.75 Å². The molecule has 0 unspecified atom stereocenters. The minimum Gasteiger partial charge on any atom is -0.497 e. The summed E-state index contributed by atoms with van der Waals surface area (Å²) in [7, 11) is -1.02. The molecule has 108 valence electrons. The second-order valence-corrected chi connectivity index (χ2v) is 16.2. The van der Waals surface area contributed by atoms with Crippen LogP contribution in [0.1, 0.15) is 26.3 Å². The van der Waals surface area contributed by atoms with E-state index in [-0.39, 0.29) is 5.41 Å².